The highest BCUT2D eigenvalue weighted by Crippen LogP contribution is 2.30. The van der Waals surface area contributed by atoms with Crippen LogP contribution < -0.4 is 15.9 Å². The van der Waals surface area contributed by atoms with E-state index in [-0.39, 0.29) is 24.5 Å². The minimum Gasteiger partial charge on any atom is -0.328 e. The maximum Gasteiger partial charge on any atom is 0.421 e. The summed E-state index contributed by atoms with van der Waals surface area (Å²) in [5.74, 6) is -1.18. The number of rotatable bonds is 5. The fraction of sp³-hybridized carbons (Fsp3) is 0.400. The van der Waals surface area contributed by atoms with Gasteiger partial charge in [-0.2, -0.15) is 26.3 Å². The van der Waals surface area contributed by atoms with Crippen LogP contribution in [0.1, 0.15) is 43.1 Å². The number of hydrogen-bond donors (Lipinski definition) is 2. The van der Waals surface area contributed by atoms with Crippen LogP contribution in [-0.4, -0.2) is 27.4 Å². The summed E-state index contributed by atoms with van der Waals surface area (Å²) in [4.78, 5) is 40.0. The molecule has 3 rings (SSSR count). The van der Waals surface area contributed by atoms with Crippen molar-refractivity contribution in [3.05, 3.63) is 63.5 Å². The Balaban J connectivity index is 1.63. The van der Waals surface area contributed by atoms with Crippen LogP contribution in [0.15, 0.2) is 41.2 Å². The van der Waals surface area contributed by atoms with E-state index in [1.165, 1.54) is 18.0 Å². The third-order valence-corrected chi connectivity index (χ3v) is 5.14. The molecule has 0 saturated heterocycles. The molecule has 0 aliphatic carbocycles. The van der Waals surface area contributed by atoms with E-state index < -0.39 is 47.0 Å². The molecule has 1 amide bonds. The lowest BCUT2D eigenvalue weighted by atomic mass is 9.94. The lowest BCUT2D eigenvalue weighted by Crippen LogP contribution is -2.38. The summed E-state index contributed by atoms with van der Waals surface area (Å²) in [6, 6.07) is 0.642. The van der Waals surface area contributed by atoms with Crippen molar-refractivity contribution in [3.63, 3.8) is 0 Å². The second kappa shape index (κ2) is 9.44. The van der Waals surface area contributed by atoms with E-state index in [9.17, 15) is 35.9 Å². The van der Waals surface area contributed by atoms with Crippen LogP contribution in [0, 0.1) is 5.92 Å². The average molecular weight is 491 g/mol. The number of pyridine rings is 1. The van der Waals surface area contributed by atoms with Gasteiger partial charge in [-0.3, -0.25) is 14.4 Å². The van der Waals surface area contributed by atoms with Gasteiger partial charge in [0.2, 0.25) is 5.95 Å². The molecule has 0 saturated carbocycles. The van der Waals surface area contributed by atoms with Crippen LogP contribution in [0.25, 0.3) is 0 Å². The first kappa shape index (κ1) is 25.2. The maximum absolute atomic E-state index is 12.9. The Morgan fingerprint density at radius 3 is 2.41 bits per heavy atom. The standard InChI is InChI=1S/C20H19F6N5O3/c1-10-9-31(18-28-7-13(8-29-18)19(21,22)23)4-3-14(10)16(32)30-34-11(2)12-5-15(20(24,25)26)17(33)27-6-12/h5-9,11,14H,3-4H2,1-2H3,(H,27,33)(H,30,32). The fourth-order valence-corrected chi connectivity index (χ4v) is 3.24. The first-order valence-electron chi connectivity index (χ1n) is 9.87. The number of aromatic amines is 1. The van der Waals surface area contributed by atoms with Gasteiger partial charge in [0, 0.05) is 36.9 Å². The molecule has 8 nitrogen and oxygen atoms in total. The Bertz CT molecular complexity index is 1130. The molecule has 1 aliphatic heterocycles. The van der Waals surface area contributed by atoms with Crippen molar-refractivity contribution >= 4 is 11.9 Å². The molecular formula is C20H19F6N5O3. The quantitative estimate of drug-likeness (QED) is 0.488. The number of hydrogen-bond acceptors (Lipinski definition) is 6. The van der Waals surface area contributed by atoms with Crippen molar-refractivity contribution in [2.24, 2.45) is 5.92 Å². The SMILES string of the molecule is CC1=CN(c2ncc(C(F)(F)F)cn2)CCC1C(=O)NOC(C)c1c[nH]c(=O)c(C(F)(F)F)c1. The molecule has 2 N–H and O–H groups in total. The Morgan fingerprint density at radius 1 is 1.21 bits per heavy atom. The molecule has 34 heavy (non-hydrogen) atoms. The van der Waals surface area contributed by atoms with E-state index >= 15 is 0 Å². The van der Waals surface area contributed by atoms with Crippen molar-refractivity contribution in [2.45, 2.75) is 38.7 Å². The van der Waals surface area contributed by atoms with Gasteiger partial charge in [-0.1, -0.05) is 0 Å². The number of alkyl halides is 6. The Morgan fingerprint density at radius 2 is 1.85 bits per heavy atom. The van der Waals surface area contributed by atoms with E-state index in [0.717, 1.165) is 6.20 Å². The van der Waals surface area contributed by atoms with E-state index in [1.807, 2.05) is 4.98 Å². The van der Waals surface area contributed by atoms with Gasteiger partial charge in [0.1, 0.15) is 11.7 Å². The average Bonchev–Trinajstić information content (AvgIpc) is 2.76. The zero-order valence-electron chi connectivity index (χ0n) is 17.8. The molecule has 0 fully saturated rings. The molecule has 2 atom stereocenters. The number of carbonyl (C=O) groups is 1. The molecule has 0 bridgehead atoms. The summed E-state index contributed by atoms with van der Waals surface area (Å²) in [5.41, 5.74) is -0.917. The number of carbonyl (C=O) groups excluding carboxylic acids is 1. The van der Waals surface area contributed by atoms with Crippen LogP contribution in [-0.2, 0) is 22.0 Å². The predicted octanol–water partition coefficient (Wildman–Crippen LogP) is 3.74. The molecule has 184 valence electrons. The molecule has 2 unspecified atom stereocenters. The lowest BCUT2D eigenvalue weighted by molar-refractivity contribution is -0.142. The highest BCUT2D eigenvalue weighted by Gasteiger charge is 2.35. The van der Waals surface area contributed by atoms with Crippen molar-refractivity contribution in [3.8, 4) is 0 Å². The lowest BCUT2D eigenvalue weighted by Gasteiger charge is -2.29. The minimum absolute atomic E-state index is 0.00578. The second-order valence-electron chi connectivity index (χ2n) is 7.58. The molecule has 2 aromatic heterocycles. The molecule has 0 radical (unpaired) electrons. The van der Waals surface area contributed by atoms with Crippen LogP contribution in [0.4, 0.5) is 32.3 Å². The van der Waals surface area contributed by atoms with Crippen molar-refractivity contribution in [1.82, 2.24) is 20.4 Å². The first-order valence-corrected chi connectivity index (χ1v) is 9.87. The van der Waals surface area contributed by atoms with Crippen LogP contribution in [0.5, 0.6) is 0 Å². The molecule has 14 heteroatoms. The van der Waals surface area contributed by atoms with Crippen LogP contribution in [0.3, 0.4) is 0 Å². The number of aromatic nitrogens is 3. The second-order valence-corrected chi connectivity index (χ2v) is 7.58. The number of nitrogens with zero attached hydrogens (tertiary/aromatic N) is 3. The minimum atomic E-state index is -4.85. The summed E-state index contributed by atoms with van der Waals surface area (Å²) in [6.07, 6.45) is -6.24. The van der Waals surface area contributed by atoms with E-state index in [0.29, 0.717) is 24.0 Å². The molecule has 3 heterocycles. The highest BCUT2D eigenvalue weighted by atomic mass is 19.4. The van der Waals surface area contributed by atoms with Gasteiger partial charge in [0.25, 0.3) is 11.5 Å². The van der Waals surface area contributed by atoms with Crippen LogP contribution in [0.2, 0.25) is 0 Å². The van der Waals surface area contributed by atoms with Crippen molar-refractivity contribution in [1.29, 1.82) is 0 Å². The third-order valence-electron chi connectivity index (χ3n) is 5.14. The summed E-state index contributed by atoms with van der Waals surface area (Å²) in [7, 11) is 0. The van der Waals surface area contributed by atoms with Gasteiger partial charge < -0.3 is 9.88 Å². The number of hydroxylamine groups is 1. The van der Waals surface area contributed by atoms with Crippen LogP contribution >= 0.6 is 0 Å². The topological polar surface area (TPSA) is 100 Å². The normalized spacial score (nSPS) is 17.8. The zero-order valence-corrected chi connectivity index (χ0v) is 17.8. The number of halogens is 6. The number of anilines is 1. The Labute approximate surface area is 188 Å². The summed E-state index contributed by atoms with van der Waals surface area (Å²) < 4.78 is 76.7. The molecule has 0 aromatic carbocycles. The molecule has 0 spiro atoms. The smallest absolute Gasteiger partial charge is 0.328 e. The zero-order chi connectivity index (χ0) is 25.3. The number of H-pyrrole nitrogens is 1. The van der Waals surface area contributed by atoms with Gasteiger partial charge in [0.05, 0.1) is 11.5 Å². The molecule has 1 aliphatic rings. The predicted molar refractivity (Wildman–Crippen MR) is 106 cm³/mol. The maximum atomic E-state index is 12.9. The van der Waals surface area contributed by atoms with Crippen molar-refractivity contribution < 1.29 is 36.0 Å². The van der Waals surface area contributed by atoms with Gasteiger partial charge in [-0.25, -0.2) is 15.4 Å². The van der Waals surface area contributed by atoms with E-state index in [2.05, 4.69) is 15.4 Å². The monoisotopic (exact) mass is 491 g/mol. The molecular weight excluding hydrogens is 472 g/mol. The number of nitrogens with one attached hydrogen (secondary N) is 2. The Kier molecular flexibility index (Phi) is 7.00. The molecule has 2 aromatic rings. The summed E-state index contributed by atoms with van der Waals surface area (Å²) >= 11 is 0. The van der Waals surface area contributed by atoms with Gasteiger partial charge in [-0.15, -0.1) is 0 Å². The van der Waals surface area contributed by atoms with E-state index in [1.54, 1.807) is 6.92 Å². The largest absolute Gasteiger partial charge is 0.421 e. The fourth-order valence-electron chi connectivity index (χ4n) is 3.24. The summed E-state index contributed by atoms with van der Waals surface area (Å²) in [6.45, 7) is 3.24. The van der Waals surface area contributed by atoms with Gasteiger partial charge in [-0.05, 0) is 31.9 Å². The highest BCUT2D eigenvalue weighted by molar-refractivity contribution is 5.81. The first-order chi connectivity index (χ1) is 15.8. The van der Waals surface area contributed by atoms with E-state index in [4.69, 9.17) is 4.84 Å². The van der Waals surface area contributed by atoms with Gasteiger partial charge in [0.15, 0.2) is 0 Å². The summed E-state index contributed by atoms with van der Waals surface area (Å²) in [5, 5.41) is 0. The van der Waals surface area contributed by atoms with Crippen molar-refractivity contribution in [2.75, 3.05) is 11.4 Å². The van der Waals surface area contributed by atoms with Gasteiger partial charge >= 0.3 is 12.4 Å². The Hall–Kier alpha value is -3.42. The number of amides is 1. The third kappa shape index (κ3) is 5.73.